The second-order valence-corrected chi connectivity index (χ2v) is 8.40. The minimum absolute atomic E-state index is 0.0725. The lowest BCUT2D eigenvalue weighted by atomic mass is 9.85. The predicted octanol–water partition coefficient (Wildman–Crippen LogP) is 4.51. The predicted molar refractivity (Wildman–Crippen MR) is 117 cm³/mol. The molecule has 0 aromatic heterocycles. The lowest BCUT2D eigenvalue weighted by Crippen LogP contribution is -2.43. The molecule has 168 valence electrons. The monoisotopic (exact) mass is 401 g/mol. The maximum atomic E-state index is 9.22. The quantitative estimate of drug-likeness (QED) is 0.117. The summed E-state index contributed by atoms with van der Waals surface area (Å²) >= 11 is 0. The molecule has 5 nitrogen and oxygen atoms in total. The van der Waals surface area contributed by atoms with E-state index >= 15 is 0 Å². The van der Waals surface area contributed by atoms with Crippen molar-refractivity contribution >= 4 is 0 Å². The molecule has 0 saturated heterocycles. The Kier molecular flexibility index (Phi) is 18.3. The first-order valence-electron chi connectivity index (χ1n) is 11.6. The van der Waals surface area contributed by atoms with Crippen molar-refractivity contribution < 1.29 is 20.4 Å². The first-order valence-corrected chi connectivity index (χ1v) is 11.6. The van der Waals surface area contributed by atoms with Crippen LogP contribution in [0.15, 0.2) is 12.2 Å². The third kappa shape index (κ3) is 18.9. The van der Waals surface area contributed by atoms with Crippen molar-refractivity contribution in [2.24, 2.45) is 5.73 Å². The number of aliphatic hydroxyl groups is 4. The summed E-state index contributed by atoms with van der Waals surface area (Å²) in [5.41, 5.74) is 5.51. The molecule has 0 aliphatic heterocycles. The molecule has 0 heterocycles. The summed E-state index contributed by atoms with van der Waals surface area (Å²) in [6.07, 6.45) is 19.2. The van der Waals surface area contributed by atoms with E-state index in [-0.39, 0.29) is 12.8 Å². The van der Waals surface area contributed by atoms with Crippen LogP contribution in [0, 0.1) is 0 Å². The molecule has 0 radical (unpaired) electrons. The van der Waals surface area contributed by atoms with Gasteiger partial charge in [0, 0.05) is 12.0 Å². The number of hydrogen-bond acceptors (Lipinski definition) is 5. The fourth-order valence-electron chi connectivity index (χ4n) is 3.66. The molecular formula is C23H47NO4. The van der Waals surface area contributed by atoms with Crippen molar-refractivity contribution in [2.75, 3.05) is 0 Å². The van der Waals surface area contributed by atoms with Gasteiger partial charge in [0.1, 0.15) is 0 Å². The van der Waals surface area contributed by atoms with Gasteiger partial charge in [0.25, 0.3) is 0 Å². The fraction of sp³-hybridized carbons (Fsp3) is 0.913. The second-order valence-electron chi connectivity index (χ2n) is 8.40. The second kappa shape index (κ2) is 18.6. The van der Waals surface area contributed by atoms with Gasteiger partial charge in [-0.1, -0.05) is 76.9 Å². The van der Waals surface area contributed by atoms with E-state index in [9.17, 15) is 10.2 Å². The van der Waals surface area contributed by atoms with E-state index in [1.165, 1.54) is 57.8 Å². The Morgan fingerprint density at radius 1 is 0.679 bits per heavy atom. The SMILES string of the molecule is CCCCCCCC/C=C\CCCCCCCC(N)(CCC(O)O)CC(O)O. The zero-order chi connectivity index (χ0) is 21.1. The van der Waals surface area contributed by atoms with Crippen LogP contribution in [-0.2, 0) is 0 Å². The van der Waals surface area contributed by atoms with Gasteiger partial charge in [-0.05, 0) is 44.9 Å². The van der Waals surface area contributed by atoms with Crippen molar-refractivity contribution in [3.8, 4) is 0 Å². The molecule has 0 aromatic rings. The van der Waals surface area contributed by atoms with Gasteiger partial charge in [-0.3, -0.25) is 0 Å². The standard InChI is InChI=1S/C23H47NO4/c1-2-3-4-5-6-7-8-9-10-11-12-13-14-15-16-18-23(24,20-22(27)28)19-17-21(25)26/h9-10,21-22,25-28H,2-8,11-20,24H2,1H3/b10-9-. The zero-order valence-electron chi connectivity index (χ0n) is 18.2. The Hall–Kier alpha value is -0.460. The highest BCUT2D eigenvalue weighted by molar-refractivity contribution is 4.85. The summed E-state index contributed by atoms with van der Waals surface area (Å²) in [6, 6.07) is 0. The molecule has 0 aromatic carbocycles. The van der Waals surface area contributed by atoms with Crippen LogP contribution < -0.4 is 5.73 Å². The summed E-state index contributed by atoms with van der Waals surface area (Å²) in [5.74, 6) is 0. The molecule has 6 N–H and O–H groups in total. The van der Waals surface area contributed by atoms with Crippen LogP contribution in [0.1, 0.15) is 116 Å². The van der Waals surface area contributed by atoms with E-state index in [0.717, 1.165) is 25.7 Å². The number of aliphatic hydroxyl groups excluding tert-OH is 2. The Morgan fingerprint density at radius 2 is 1.18 bits per heavy atom. The minimum atomic E-state index is -1.45. The smallest absolute Gasteiger partial charge is 0.153 e. The molecule has 28 heavy (non-hydrogen) atoms. The topological polar surface area (TPSA) is 107 Å². The highest BCUT2D eigenvalue weighted by atomic mass is 16.5. The third-order valence-electron chi connectivity index (χ3n) is 5.43. The molecule has 0 amide bonds. The third-order valence-corrected chi connectivity index (χ3v) is 5.43. The molecule has 1 atom stereocenters. The average molecular weight is 402 g/mol. The van der Waals surface area contributed by atoms with E-state index in [1.807, 2.05) is 0 Å². The van der Waals surface area contributed by atoms with Crippen LogP contribution in [0.3, 0.4) is 0 Å². The van der Waals surface area contributed by atoms with Crippen molar-refractivity contribution in [2.45, 2.75) is 134 Å². The van der Waals surface area contributed by atoms with Gasteiger partial charge in [0.05, 0.1) is 0 Å². The van der Waals surface area contributed by atoms with Crippen LogP contribution in [0.5, 0.6) is 0 Å². The average Bonchev–Trinajstić information content (AvgIpc) is 2.63. The number of unbranched alkanes of at least 4 members (excludes halogenated alkanes) is 11. The normalized spacial score (nSPS) is 14.4. The summed E-state index contributed by atoms with van der Waals surface area (Å²) < 4.78 is 0. The Bertz CT molecular complexity index is 361. The van der Waals surface area contributed by atoms with Gasteiger partial charge in [-0.25, -0.2) is 0 Å². The molecule has 0 bridgehead atoms. The first kappa shape index (κ1) is 27.5. The lowest BCUT2D eigenvalue weighted by molar-refractivity contribution is -0.0733. The van der Waals surface area contributed by atoms with Crippen molar-refractivity contribution in [3.63, 3.8) is 0 Å². The molecule has 0 rings (SSSR count). The van der Waals surface area contributed by atoms with E-state index < -0.39 is 18.1 Å². The maximum absolute atomic E-state index is 9.22. The highest BCUT2D eigenvalue weighted by Crippen LogP contribution is 2.24. The summed E-state index contributed by atoms with van der Waals surface area (Å²) in [7, 11) is 0. The molecule has 0 aliphatic rings. The lowest BCUT2D eigenvalue weighted by Gasteiger charge is -2.30. The van der Waals surface area contributed by atoms with Crippen LogP contribution in [-0.4, -0.2) is 38.5 Å². The number of rotatable bonds is 20. The van der Waals surface area contributed by atoms with Crippen molar-refractivity contribution in [1.82, 2.24) is 0 Å². The van der Waals surface area contributed by atoms with Crippen LogP contribution in [0.25, 0.3) is 0 Å². The largest absolute Gasteiger partial charge is 0.368 e. The van der Waals surface area contributed by atoms with Crippen LogP contribution in [0.2, 0.25) is 0 Å². The van der Waals surface area contributed by atoms with E-state index in [2.05, 4.69) is 19.1 Å². The molecular weight excluding hydrogens is 354 g/mol. The fourth-order valence-corrected chi connectivity index (χ4v) is 3.66. The summed E-state index contributed by atoms with van der Waals surface area (Å²) in [4.78, 5) is 0. The highest BCUT2D eigenvalue weighted by Gasteiger charge is 2.27. The molecule has 0 fully saturated rings. The van der Waals surface area contributed by atoms with E-state index in [0.29, 0.717) is 12.8 Å². The molecule has 1 unspecified atom stereocenters. The summed E-state index contributed by atoms with van der Waals surface area (Å²) in [6.45, 7) is 2.25. The maximum Gasteiger partial charge on any atom is 0.153 e. The first-order chi connectivity index (χ1) is 13.4. The number of allylic oxidation sites excluding steroid dienone is 2. The molecule has 0 spiro atoms. The van der Waals surface area contributed by atoms with Gasteiger partial charge < -0.3 is 26.2 Å². The van der Waals surface area contributed by atoms with E-state index in [4.69, 9.17) is 15.9 Å². The van der Waals surface area contributed by atoms with Gasteiger partial charge in [-0.2, -0.15) is 0 Å². The molecule has 0 saturated carbocycles. The van der Waals surface area contributed by atoms with E-state index in [1.54, 1.807) is 0 Å². The minimum Gasteiger partial charge on any atom is -0.368 e. The Balaban J connectivity index is 3.63. The van der Waals surface area contributed by atoms with Crippen LogP contribution in [0.4, 0.5) is 0 Å². The number of hydrogen-bond donors (Lipinski definition) is 5. The number of nitrogens with two attached hydrogens (primary N) is 1. The van der Waals surface area contributed by atoms with Gasteiger partial charge in [0.15, 0.2) is 12.6 Å². The molecule has 0 aliphatic carbocycles. The molecule has 5 heteroatoms. The Labute approximate surface area is 173 Å². The van der Waals surface area contributed by atoms with Gasteiger partial charge >= 0.3 is 0 Å². The summed E-state index contributed by atoms with van der Waals surface area (Å²) in [5, 5.41) is 36.5. The van der Waals surface area contributed by atoms with Gasteiger partial charge in [-0.15, -0.1) is 0 Å². The van der Waals surface area contributed by atoms with Crippen molar-refractivity contribution in [3.05, 3.63) is 12.2 Å². The van der Waals surface area contributed by atoms with Crippen LogP contribution >= 0.6 is 0 Å². The van der Waals surface area contributed by atoms with Crippen molar-refractivity contribution in [1.29, 1.82) is 0 Å². The van der Waals surface area contributed by atoms with Gasteiger partial charge in [0.2, 0.25) is 0 Å². The zero-order valence-corrected chi connectivity index (χ0v) is 18.2. The Morgan fingerprint density at radius 3 is 1.68 bits per heavy atom.